The molecule has 0 atom stereocenters. The highest BCUT2D eigenvalue weighted by atomic mass is 35.5. The van der Waals surface area contributed by atoms with Crippen LogP contribution in [0.2, 0.25) is 0 Å². The highest BCUT2D eigenvalue weighted by Gasteiger charge is 1.92. The molecule has 0 aromatic heterocycles. The van der Waals surface area contributed by atoms with Crippen molar-refractivity contribution in [3.05, 3.63) is 71.8 Å². The SMILES string of the molecule is CCCCCCCN.Cl.Cl.c1ccc(Cc2ccccc2)cc1. The molecule has 2 aromatic rings. The van der Waals surface area contributed by atoms with Gasteiger partial charge in [0.05, 0.1) is 0 Å². The van der Waals surface area contributed by atoms with Crippen LogP contribution >= 0.6 is 24.8 Å². The van der Waals surface area contributed by atoms with Gasteiger partial charge in [0.25, 0.3) is 0 Å². The van der Waals surface area contributed by atoms with Gasteiger partial charge < -0.3 is 5.73 Å². The standard InChI is InChI=1S/C13H12.C7H17N.2ClH/c1-3-7-12(8-4-1)11-13-9-5-2-6-10-13;1-2-3-4-5-6-7-8;;/h1-10H,11H2;2-8H2,1H3;2*1H. The van der Waals surface area contributed by atoms with Crippen LogP contribution in [0.25, 0.3) is 0 Å². The second-order valence-electron chi connectivity index (χ2n) is 5.35. The van der Waals surface area contributed by atoms with E-state index in [-0.39, 0.29) is 24.8 Å². The van der Waals surface area contributed by atoms with Crippen LogP contribution in [0.1, 0.15) is 50.2 Å². The van der Waals surface area contributed by atoms with Crippen molar-refractivity contribution in [3.63, 3.8) is 0 Å². The third-order valence-corrected chi connectivity index (χ3v) is 3.40. The first-order chi connectivity index (χ1) is 10.4. The first-order valence-corrected chi connectivity index (χ1v) is 8.14. The van der Waals surface area contributed by atoms with Gasteiger partial charge in [-0.3, -0.25) is 0 Å². The van der Waals surface area contributed by atoms with Crippen molar-refractivity contribution in [2.24, 2.45) is 5.73 Å². The summed E-state index contributed by atoms with van der Waals surface area (Å²) in [4.78, 5) is 0. The number of nitrogens with two attached hydrogens (primary N) is 1. The molecular weight excluding hydrogens is 325 g/mol. The minimum Gasteiger partial charge on any atom is -0.330 e. The van der Waals surface area contributed by atoms with E-state index in [4.69, 9.17) is 5.73 Å². The summed E-state index contributed by atoms with van der Waals surface area (Å²) in [5, 5.41) is 0. The number of unbranched alkanes of at least 4 members (excludes halogenated alkanes) is 4. The Hall–Kier alpha value is -1.02. The largest absolute Gasteiger partial charge is 0.330 e. The lowest BCUT2D eigenvalue weighted by Crippen LogP contribution is -1.97. The molecule has 0 heterocycles. The maximum absolute atomic E-state index is 5.31. The zero-order chi connectivity index (χ0) is 15.2. The van der Waals surface area contributed by atoms with Crippen LogP contribution in [0.5, 0.6) is 0 Å². The van der Waals surface area contributed by atoms with E-state index >= 15 is 0 Å². The number of hydrogen-bond acceptors (Lipinski definition) is 1. The molecule has 2 aromatic carbocycles. The van der Waals surface area contributed by atoms with Crippen LogP contribution in [-0.4, -0.2) is 6.54 Å². The monoisotopic (exact) mass is 355 g/mol. The molecule has 130 valence electrons. The Morgan fingerprint density at radius 2 is 1.09 bits per heavy atom. The van der Waals surface area contributed by atoms with E-state index in [1.165, 1.54) is 43.2 Å². The molecule has 0 radical (unpaired) electrons. The van der Waals surface area contributed by atoms with Gasteiger partial charge in [-0.25, -0.2) is 0 Å². The minimum absolute atomic E-state index is 0. The van der Waals surface area contributed by atoms with E-state index in [0.29, 0.717) is 0 Å². The van der Waals surface area contributed by atoms with Gasteiger partial charge in [0.1, 0.15) is 0 Å². The first-order valence-electron chi connectivity index (χ1n) is 8.14. The normalized spacial score (nSPS) is 8.96. The first kappa shape index (κ1) is 24.2. The molecule has 0 bridgehead atoms. The Bertz CT molecular complexity index is 402. The average Bonchev–Trinajstić information content (AvgIpc) is 2.54. The molecule has 0 unspecified atom stereocenters. The highest BCUT2D eigenvalue weighted by molar-refractivity contribution is 5.85. The van der Waals surface area contributed by atoms with Gasteiger partial charge in [-0.05, 0) is 30.5 Å². The summed E-state index contributed by atoms with van der Waals surface area (Å²) < 4.78 is 0. The molecule has 0 amide bonds. The molecule has 3 heteroatoms. The molecular formula is C20H31Cl2N. The van der Waals surface area contributed by atoms with Crippen molar-refractivity contribution >= 4 is 24.8 Å². The van der Waals surface area contributed by atoms with Crippen molar-refractivity contribution in [2.45, 2.75) is 45.4 Å². The lowest BCUT2D eigenvalue weighted by molar-refractivity contribution is 0.638. The molecule has 0 aliphatic rings. The summed E-state index contributed by atoms with van der Waals surface area (Å²) in [6, 6.07) is 21.1. The molecule has 0 aliphatic carbocycles. The summed E-state index contributed by atoms with van der Waals surface area (Å²) in [5.74, 6) is 0. The van der Waals surface area contributed by atoms with Crippen molar-refractivity contribution in [3.8, 4) is 0 Å². The van der Waals surface area contributed by atoms with Crippen LogP contribution in [0.15, 0.2) is 60.7 Å². The van der Waals surface area contributed by atoms with Gasteiger partial charge >= 0.3 is 0 Å². The molecule has 23 heavy (non-hydrogen) atoms. The Labute approximate surface area is 154 Å². The molecule has 0 saturated heterocycles. The molecule has 1 nitrogen and oxygen atoms in total. The second-order valence-corrected chi connectivity index (χ2v) is 5.35. The minimum atomic E-state index is 0. The summed E-state index contributed by atoms with van der Waals surface area (Å²) in [7, 11) is 0. The lowest BCUT2D eigenvalue weighted by Gasteiger charge is -2.00. The Morgan fingerprint density at radius 1 is 0.652 bits per heavy atom. The van der Waals surface area contributed by atoms with E-state index in [1.54, 1.807) is 0 Å². The molecule has 0 fully saturated rings. The fourth-order valence-electron chi connectivity index (χ4n) is 2.18. The van der Waals surface area contributed by atoms with Crippen LogP contribution < -0.4 is 5.73 Å². The van der Waals surface area contributed by atoms with E-state index in [0.717, 1.165) is 13.0 Å². The third-order valence-electron chi connectivity index (χ3n) is 3.40. The van der Waals surface area contributed by atoms with Gasteiger partial charge in [0, 0.05) is 0 Å². The predicted molar refractivity (Wildman–Crippen MR) is 108 cm³/mol. The van der Waals surface area contributed by atoms with E-state index < -0.39 is 0 Å². The topological polar surface area (TPSA) is 26.0 Å². The molecule has 2 N–H and O–H groups in total. The number of rotatable bonds is 7. The van der Waals surface area contributed by atoms with Crippen LogP contribution in [0, 0.1) is 0 Å². The van der Waals surface area contributed by atoms with E-state index in [9.17, 15) is 0 Å². The van der Waals surface area contributed by atoms with Gasteiger partial charge in [-0.1, -0.05) is 93.3 Å². The van der Waals surface area contributed by atoms with Crippen molar-refractivity contribution in [1.82, 2.24) is 0 Å². The molecule has 2 rings (SSSR count). The maximum atomic E-state index is 5.31. The van der Waals surface area contributed by atoms with Gasteiger partial charge in [-0.2, -0.15) is 0 Å². The Balaban J connectivity index is 0. The quantitative estimate of drug-likeness (QED) is 0.602. The molecule has 0 saturated carbocycles. The number of halogens is 2. The summed E-state index contributed by atoms with van der Waals surface area (Å²) in [6.07, 6.45) is 7.63. The summed E-state index contributed by atoms with van der Waals surface area (Å²) in [5.41, 5.74) is 8.05. The lowest BCUT2D eigenvalue weighted by atomic mass is 10.1. The summed E-state index contributed by atoms with van der Waals surface area (Å²) >= 11 is 0. The maximum Gasteiger partial charge on any atom is -0.00258 e. The summed E-state index contributed by atoms with van der Waals surface area (Å²) in [6.45, 7) is 3.09. The molecule has 0 spiro atoms. The van der Waals surface area contributed by atoms with E-state index in [2.05, 4.69) is 67.6 Å². The Morgan fingerprint density at radius 3 is 1.48 bits per heavy atom. The highest BCUT2D eigenvalue weighted by Crippen LogP contribution is 2.07. The Kier molecular flexibility index (Phi) is 18.3. The second kappa shape index (κ2) is 17.3. The van der Waals surface area contributed by atoms with Crippen LogP contribution in [0.3, 0.4) is 0 Å². The number of benzene rings is 2. The van der Waals surface area contributed by atoms with Gasteiger partial charge in [-0.15, -0.1) is 24.8 Å². The zero-order valence-electron chi connectivity index (χ0n) is 14.1. The van der Waals surface area contributed by atoms with Crippen LogP contribution in [-0.2, 0) is 6.42 Å². The van der Waals surface area contributed by atoms with Crippen LogP contribution in [0.4, 0.5) is 0 Å². The molecule has 0 aliphatic heterocycles. The third kappa shape index (κ3) is 13.1. The number of hydrogen-bond donors (Lipinski definition) is 1. The van der Waals surface area contributed by atoms with Crippen molar-refractivity contribution in [1.29, 1.82) is 0 Å². The average molecular weight is 356 g/mol. The smallest absolute Gasteiger partial charge is 0.00258 e. The van der Waals surface area contributed by atoms with Crippen molar-refractivity contribution < 1.29 is 0 Å². The zero-order valence-corrected chi connectivity index (χ0v) is 15.8. The van der Waals surface area contributed by atoms with E-state index in [1.807, 2.05) is 0 Å². The fraction of sp³-hybridized carbons (Fsp3) is 0.400. The fourth-order valence-corrected chi connectivity index (χ4v) is 2.18. The van der Waals surface area contributed by atoms with Gasteiger partial charge in [0.2, 0.25) is 0 Å². The predicted octanol–water partition coefficient (Wildman–Crippen LogP) is 6.04. The van der Waals surface area contributed by atoms with Crippen molar-refractivity contribution in [2.75, 3.05) is 6.54 Å². The van der Waals surface area contributed by atoms with Gasteiger partial charge in [0.15, 0.2) is 0 Å².